The number of nitrogens with zero attached hydrogens (tertiary/aromatic N) is 2. The highest BCUT2D eigenvalue weighted by molar-refractivity contribution is 9.10. The molecule has 2 aromatic heterocycles. The van der Waals surface area contributed by atoms with Gasteiger partial charge in [-0.15, -0.1) is 0 Å². The van der Waals surface area contributed by atoms with E-state index in [0.717, 1.165) is 10.2 Å². The number of aromatic nitrogens is 2. The monoisotopic (exact) mass is 315 g/mol. The number of hydrogen-bond acceptors (Lipinski definition) is 4. The quantitative estimate of drug-likeness (QED) is 0.858. The van der Waals surface area contributed by atoms with E-state index in [2.05, 4.69) is 30.3 Å². The number of alkyl halides is 1. The zero-order valence-corrected chi connectivity index (χ0v) is 11.0. The third-order valence-electron chi connectivity index (χ3n) is 2.36. The van der Waals surface area contributed by atoms with E-state index in [4.69, 9.17) is 0 Å². The number of hydrogen-bond donors (Lipinski definition) is 1. The second-order valence-corrected chi connectivity index (χ2v) is 4.45. The topological polar surface area (TPSA) is 62.1 Å². The molecule has 5 nitrogen and oxygen atoms in total. The van der Waals surface area contributed by atoms with Crippen molar-refractivity contribution in [1.29, 1.82) is 0 Å². The normalized spacial score (nSPS) is 10.6. The van der Waals surface area contributed by atoms with E-state index in [1.165, 1.54) is 6.26 Å². The first-order chi connectivity index (χ1) is 8.69. The molecule has 0 saturated heterocycles. The highest BCUT2D eigenvalue weighted by atomic mass is 79.9. The molecule has 18 heavy (non-hydrogen) atoms. The summed E-state index contributed by atoms with van der Waals surface area (Å²) in [6, 6.07) is 3.68. The first-order valence-electron chi connectivity index (χ1n) is 5.28. The fourth-order valence-corrected chi connectivity index (χ4v) is 1.77. The molecule has 0 saturated carbocycles. The van der Waals surface area contributed by atoms with Gasteiger partial charge < -0.3 is 9.32 Å². The Balaban J connectivity index is 2.15. The van der Waals surface area contributed by atoms with Gasteiger partial charge in [-0.1, -0.05) is 6.07 Å². The Morgan fingerprint density at radius 1 is 1.50 bits per heavy atom. The van der Waals surface area contributed by atoms with Gasteiger partial charge in [0.25, 0.3) is 0 Å². The van der Waals surface area contributed by atoms with Crippen LogP contribution in [0.15, 0.2) is 38.4 Å². The van der Waals surface area contributed by atoms with Crippen molar-refractivity contribution in [2.45, 2.75) is 6.54 Å². The van der Waals surface area contributed by atoms with Crippen molar-refractivity contribution in [3.63, 3.8) is 0 Å². The predicted molar refractivity (Wildman–Crippen MR) is 68.3 cm³/mol. The molecule has 0 aromatic carbocycles. The summed E-state index contributed by atoms with van der Waals surface area (Å²) < 4.78 is 17.9. The third-order valence-corrected chi connectivity index (χ3v) is 2.83. The van der Waals surface area contributed by atoms with E-state index in [-0.39, 0.29) is 6.54 Å². The van der Waals surface area contributed by atoms with Gasteiger partial charge in [0, 0.05) is 19.3 Å². The van der Waals surface area contributed by atoms with Crippen LogP contribution in [0, 0.1) is 0 Å². The Bertz CT molecular complexity index is 552. The highest BCUT2D eigenvalue weighted by Crippen LogP contribution is 2.14. The van der Waals surface area contributed by atoms with Gasteiger partial charge in [-0.2, -0.15) is 0 Å². The summed E-state index contributed by atoms with van der Waals surface area (Å²) in [5.41, 5.74) is 0.911. The molecule has 0 radical (unpaired) electrons. The molecule has 0 fully saturated rings. The van der Waals surface area contributed by atoms with Crippen molar-refractivity contribution in [2.24, 2.45) is 0 Å². The summed E-state index contributed by atoms with van der Waals surface area (Å²) in [6.07, 6.45) is 2.97. The second-order valence-electron chi connectivity index (χ2n) is 3.63. The molecule has 2 aromatic rings. The summed E-state index contributed by atoms with van der Waals surface area (Å²) >= 11 is 3.24. The zero-order chi connectivity index (χ0) is 13.0. The Morgan fingerprint density at radius 3 is 2.89 bits per heavy atom. The van der Waals surface area contributed by atoms with Crippen LogP contribution in [-0.2, 0) is 6.54 Å². The molecule has 0 aliphatic heterocycles. The SMILES string of the molecule is O=c1[nH]c(N(CCF)Cc2ccc(Br)nc2)co1. The van der Waals surface area contributed by atoms with Crippen LogP contribution in [0.2, 0.25) is 0 Å². The molecule has 7 heteroatoms. The molecule has 0 spiro atoms. The average molecular weight is 316 g/mol. The lowest BCUT2D eigenvalue weighted by molar-refractivity contribution is 0.487. The van der Waals surface area contributed by atoms with Crippen LogP contribution in [0.4, 0.5) is 10.2 Å². The largest absolute Gasteiger partial charge is 0.417 e. The molecule has 96 valence electrons. The molecule has 0 aliphatic rings. The Hall–Kier alpha value is -1.63. The van der Waals surface area contributed by atoms with E-state index >= 15 is 0 Å². The fourth-order valence-electron chi connectivity index (χ4n) is 1.53. The second kappa shape index (κ2) is 5.81. The minimum atomic E-state index is -0.553. The van der Waals surface area contributed by atoms with Gasteiger partial charge in [-0.3, -0.25) is 4.98 Å². The standard InChI is InChI=1S/C11H11BrFN3O2/c12-9-2-1-8(5-14-9)6-16(4-3-13)10-7-18-11(17)15-10/h1-2,5,7H,3-4,6H2,(H,15,17). The van der Waals surface area contributed by atoms with Crippen molar-refractivity contribution in [3.8, 4) is 0 Å². The van der Waals surface area contributed by atoms with Gasteiger partial charge in [-0.25, -0.2) is 14.2 Å². The van der Waals surface area contributed by atoms with Gasteiger partial charge in [0.05, 0.1) is 0 Å². The molecule has 0 amide bonds. The van der Waals surface area contributed by atoms with Crippen LogP contribution in [0.1, 0.15) is 5.56 Å². The molecule has 2 heterocycles. The Morgan fingerprint density at radius 2 is 2.33 bits per heavy atom. The van der Waals surface area contributed by atoms with E-state index in [9.17, 15) is 9.18 Å². The highest BCUT2D eigenvalue weighted by Gasteiger charge is 2.10. The molecular weight excluding hydrogens is 305 g/mol. The molecular formula is C11H11BrFN3O2. The van der Waals surface area contributed by atoms with E-state index in [0.29, 0.717) is 12.4 Å². The maximum Gasteiger partial charge on any atom is 0.417 e. The summed E-state index contributed by atoms with van der Waals surface area (Å²) in [7, 11) is 0. The molecule has 1 N–H and O–H groups in total. The Kier molecular flexibility index (Phi) is 4.14. The first-order valence-corrected chi connectivity index (χ1v) is 6.07. The average Bonchev–Trinajstić information content (AvgIpc) is 2.78. The molecule has 0 bridgehead atoms. The van der Waals surface area contributed by atoms with Crippen molar-refractivity contribution < 1.29 is 8.81 Å². The minimum Gasteiger partial charge on any atom is -0.414 e. The van der Waals surface area contributed by atoms with Gasteiger partial charge in [0.1, 0.15) is 23.4 Å². The number of oxazole rings is 1. The van der Waals surface area contributed by atoms with Crippen molar-refractivity contribution in [1.82, 2.24) is 9.97 Å². The van der Waals surface area contributed by atoms with E-state index in [1.54, 1.807) is 17.2 Å². The molecule has 0 aliphatic carbocycles. The maximum atomic E-state index is 12.5. The number of H-pyrrole nitrogens is 1. The summed E-state index contributed by atoms with van der Waals surface area (Å²) in [5.74, 6) is -0.0941. The lowest BCUT2D eigenvalue weighted by atomic mass is 10.2. The van der Waals surface area contributed by atoms with Crippen LogP contribution in [0.5, 0.6) is 0 Å². The summed E-state index contributed by atoms with van der Waals surface area (Å²) in [5, 5.41) is 0. The zero-order valence-electron chi connectivity index (χ0n) is 9.40. The van der Waals surface area contributed by atoms with E-state index in [1.807, 2.05) is 6.07 Å². The lowest BCUT2D eigenvalue weighted by Gasteiger charge is -2.20. The van der Waals surface area contributed by atoms with Gasteiger partial charge in [-0.05, 0) is 27.6 Å². The fraction of sp³-hybridized carbons (Fsp3) is 0.273. The van der Waals surface area contributed by atoms with E-state index < -0.39 is 12.4 Å². The van der Waals surface area contributed by atoms with Crippen LogP contribution in [0.3, 0.4) is 0 Å². The van der Waals surface area contributed by atoms with Gasteiger partial charge in [0.2, 0.25) is 0 Å². The molecule has 0 atom stereocenters. The number of anilines is 1. The van der Waals surface area contributed by atoms with Gasteiger partial charge in [0.15, 0.2) is 0 Å². The van der Waals surface area contributed by atoms with Crippen molar-refractivity contribution in [2.75, 3.05) is 18.1 Å². The lowest BCUT2D eigenvalue weighted by Crippen LogP contribution is -2.26. The van der Waals surface area contributed by atoms with Crippen molar-refractivity contribution in [3.05, 3.63) is 45.3 Å². The van der Waals surface area contributed by atoms with Crippen LogP contribution >= 0.6 is 15.9 Å². The summed E-state index contributed by atoms with van der Waals surface area (Å²) in [4.78, 5) is 19.2. The number of pyridine rings is 1. The van der Waals surface area contributed by atoms with Gasteiger partial charge >= 0.3 is 5.76 Å². The van der Waals surface area contributed by atoms with Crippen LogP contribution in [-0.4, -0.2) is 23.2 Å². The third kappa shape index (κ3) is 3.19. The van der Waals surface area contributed by atoms with Crippen LogP contribution < -0.4 is 10.7 Å². The first kappa shape index (κ1) is 12.8. The number of halogens is 2. The maximum absolute atomic E-state index is 12.5. The number of aromatic amines is 1. The molecule has 0 unspecified atom stereocenters. The number of rotatable bonds is 5. The number of nitrogens with one attached hydrogen (secondary N) is 1. The summed E-state index contributed by atoms with van der Waals surface area (Å²) in [6.45, 7) is 0.0996. The minimum absolute atomic E-state index is 0.172. The smallest absolute Gasteiger partial charge is 0.414 e. The predicted octanol–water partition coefficient (Wildman–Crippen LogP) is 2.10. The van der Waals surface area contributed by atoms with Crippen molar-refractivity contribution >= 4 is 21.7 Å². The Labute approximate surface area is 111 Å². The molecule has 2 rings (SSSR count). The van der Waals surface area contributed by atoms with Crippen LogP contribution in [0.25, 0.3) is 0 Å².